The fraction of sp³-hybridized carbons (Fsp3) is 0.556. The first-order chi connectivity index (χ1) is 15.3. The molecule has 184 valence electrons. The van der Waals surface area contributed by atoms with Crippen LogP contribution in [0.1, 0.15) is 17.5 Å². The van der Waals surface area contributed by atoms with E-state index in [4.69, 9.17) is 0 Å². The van der Waals surface area contributed by atoms with Gasteiger partial charge in [0.1, 0.15) is 0 Å². The Bertz CT molecular complexity index is 667. The van der Waals surface area contributed by atoms with Crippen molar-refractivity contribution in [3.05, 3.63) is 71.8 Å². The SMILES string of the molecule is Cl.Cl.c1ccc(CCN2CCN(CCCN3CCN(CCc4ccccc4)CC3)CC2)cc1. The molecular formula is C27H42Cl2N4. The van der Waals surface area contributed by atoms with Gasteiger partial charge >= 0.3 is 0 Å². The van der Waals surface area contributed by atoms with Gasteiger partial charge in [-0.2, -0.15) is 0 Å². The van der Waals surface area contributed by atoms with Crippen molar-refractivity contribution in [1.29, 1.82) is 0 Å². The zero-order valence-electron chi connectivity index (χ0n) is 20.0. The zero-order valence-corrected chi connectivity index (χ0v) is 21.6. The van der Waals surface area contributed by atoms with E-state index in [9.17, 15) is 0 Å². The molecule has 2 heterocycles. The molecule has 0 atom stereocenters. The second-order valence-corrected chi connectivity index (χ2v) is 9.19. The van der Waals surface area contributed by atoms with Crippen molar-refractivity contribution in [3.63, 3.8) is 0 Å². The Morgan fingerprint density at radius 2 is 0.727 bits per heavy atom. The maximum absolute atomic E-state index is 2.68. The van der Waals surface area contributed by atoms with Crippen LogP contribution in [-0.4, -0.2) is 98.1 Å². The summed E-state index contributed by atoms with van der Waals surface area (Å²) in [6, 6.07) is 21.8. The maximum atomic E-state index is 2.68. The van der Waals surface area contributed by atoms with Crippen LogP contribution < -0.4 is 0 Å². The molecule has 0 aliphatic carbocycles. The molecule has 4 nitrogen and oxygen atoms in total. The predicted octanol–water partition coefficient (Wildman–Crippen LogP) is 3.94. The summed E-state index contributed by atoms with van der Waals surface area (Å²) in [5.74, 6) is 0. The fourth-order valence-corrected chi connectivity index (χ4v) is 4.85. The summed E-state index contributed by atoms with van der Waals surface area (Å²) in [4.78, 5) is 10.6. The third-order valence-electron chi connectivity index (χ3n) is 7.00. The zero-order chi connectivity index (χ0) is 21.1. The Hall–Kier alpha value is -1.14. The van der Waals surface area contributed by atoms with E-state index in [2.05, 4.69) is 80.3 Å². The monoisotopic (exact) mass is 492 g/mol. The smallest absolute Gasteiger partial charge is 0.0110 e. The first-order valence-electron chi connectivity index (χ1n) is 12.3. The molecule has 33 heavy (non-hydrogen) atoms. The average molecular weight is 494 g/mol. The Balaban J connectivity index is 0.00000193. The lowest BCUT2D eigenvalue weighted by molar-refractivity contribution is 0.111. The van der Waals surface area contributed by atoms with Crippen LogP contribution >= 0.6 is 24.8 Å². The van der Waals surface area contributed by atoms with Crippen molar-refractivity contribution in [2.75, 3.05) is 78.5 Å². The standard InChI is InChI=1S/C27H40N4.2ClH/c1-3-8-26(9-4-1)12-16-30-22-18-28(19-23-30)14-7-15-29-20-24-31(25-21-29)17-13-27-10-5-2-6-11-27;;/h1-6,8-11H,7,12-25H2;2*1H. The molecule has 6 heteroatoms. The Morgan fingerprint density at radius 1 is 0.424 bits per heavy atom. The molecule has 0 saturated carbocycles. The molecule has 0 amide bonds. The summed E-state index contributed by atoms with van der Waals surface area (Å²) < 4.78 is 0. The maximum Gasteiger partial charge on any atom is 0.0110 e. The van der Waals surface area contributed by atoms with Crippen molar-refractivity contribution < 1.29 is 0 Å². The van der Waals surface area contributed by atoms with Gasteiger partial charge in [0.2, 0.25) is 0 Å². The molecule has 2 aromatic carbocycles. The quantitative estimate of drug-likeness (QED) is 0.497. The molecule has 0 aromatic heterocycles. The number of nitrogens with zero attached hydrogens (tertiary/aromatic N) is 4. The van der Waals surface area contributed by atoms with Crippen molar-refractivity contribution >= 4 is 24.8 Å². The van der Waals surface area contributed by atoms with Gasteiger partial charge in [0, 0.05) is 65.4 Å². The van der Waals surface area contributed by atoms with E-state index in [0.29, 0.717) is 0 Å². The van der Waals surface area contributed by atoms with Crippen molar-refractivity contribution in [3.8, 4) is 0 Å². The lowest BCUT2D eigenvalue weighted by Crippen LogP contribution is -2.49. The topological polar surface area (TPSA) is 13.0 Å². The second kappa shape index (κ2) is 15.7. The van der Waals surface area contributed by atoms with Crippen LogP contribution in [0.3, 0.4) is 0 Å². The summed E-state index contributed by atoms with van der Waals surface area (Å²) in [6.45, 7) is 14.8. The number of piperazine rings is 2. The van der Waals surface area contributed by atoms with Crippen LogP contribution in [0.15, 0.2) is 60.7 Å². The molecular weight excluding hydrogens is 451 g/mol. The molecule has 0 unspecified atom stereocenters. The summed E-state index contributed by atoms with van der Waals surface area (Å²) in [5.41, 5.74) is 2.93. The van der Waals surface area contributed by atoms with Gasteiger partial charge in [-0.25, -0.2) is 0 Å². The third-order valence-corrected chi connectivity index (χ3v) is 7.00. The molecule has 4 rings (SSSR count). The number of rotatable bonds is 10. The highest BCUT2D eigenvalue weighted by molar-refractivity contribution is 5.85. The minimum Gasteiger partial charge on any atom is -0.301 e. The molecule has 0 radical (unpaired) electrons. The van der Waals surface area contributed by atoms with Crippen LogP contribution in [0.2, 0.25) is 0 Å². The lowest BCUT2D eigenvalue weighted by Gasteiger charge is -2.36. The van der Waals surface area contributed by atoms with E-state index in [-0.39, 0.29) is 24.8 Å². The first-order valence-corrected chi connectivity index (χ1v) is 12.3. The average Bonchev–Trinajstić information content (AvgIpc) is 2.84. The van der Waals surface area contributed by atoms with Crippen molar-refractivity contribution in [2.24, 2.45) is 0 Å². The van der Waals surface area contributed by atoms with E-state index in [1.165, 1.54) is 109 Å². The molecule has 2 aromatic rings. The van der Waals surface area contributed by atoms with Gasteiger partial charge < -0.3 is 19.6 Å². The van der Waals surface area contributed by atoms with Crippen molar-refractivity contribution in [1.82, 2.24) is 19.6 Å². The van der Waals surface area contributed by atoms with Gasteiger partial charge in [-0.15, -0.1) is 24.8 Å². The summed E-state index contributed by atoms with van der Waals surface area (Å²) in [6.07, 6.45) is 3.67. The van der Waals surface area contributed by atoms with Gasteiger partial charge in [0.15, 0.2) is 0 Å². The van der Waals surface area contributed by atoms with E-state index < -0.39 is 0 Å². The van der Waals surface area contributed by atoms with Gasteiger partial charge in [0.05, 0.1) is 0 Å². The number of hydrogen-bond acceptors (Lipinski definition) is 4. The molecule has 0 spiro atoms. The van der Waals surface area contributed by atoms with Gasteiger partial charge in [-0.1, -0.05) is 60.7 Å². The van der Waals surface area contributed by atoms with Crippen LogP contribution in [-0.2, 0) is 12.8 Å². The van der Waals surface area contributed by atoms with Gasteiger partial charge in [-0.3, -0.25) is 0 Å². The van der Waals surface area contributed by atoms with Crippen LogP contribution in [0, 0.1) is 0 Å². The predicted molar refractivity (Wildman–Crippen MR) is 145 cm³/mol. The van der Waals surface area contributed by atoms with E-state index in [0.717, 1.165) is 0 Å². The third kappa shape index (κ3) is 9.94. The van der Waals surface area contributed by atoms with E-state index in [1.807, 2.05) is 0 Å². The second-order valence-electron chi connectivity index (χ2n) is 9.19. The fourth-order valence-electron chi connectivity index (χ4n) is 4.85. The summed E-state index contributed by atoms with van der Waals surface area (Å²) >= 11 is 0. The number of halogens is 2. The highest BCUT2D eigenvalue weighted by Gasteiger charge is 2.18. The number of hydrogen-bond donors (Lipinski definition) is 0. The van der Waals surface area contributed by atoms with Crippen LogP contribution in [0.5, 0.6) is 0 Å². The van der Waals surface area contributed by atoms with Crippen LogP contribution in [0.25, 0.3) is 0 Å². The normalized spacial score (nSPS) is 18.4. The highest BCUT2D eigenvalue weighted by Crippen LogP contribution is 2.08. The lowest BCUT2D eigenvalue weighted by atomic mass is 10.1. The largest absolute Gasteiger partial charge is 0.301 e. The highest BCUT2D eigenvalue weighted by atomic mass is 35.5. The minimum absolute atomic E-state index is 0. The van der Waals surface area contributed by atoms with Crippen LogP contribution in [0.4, 0.5) is 0 Å². The van der Waals surface area contributed by atoms with Gasteiger partial charge in [-0.05, 0) is 43.5 Å². The van der Waals surface area contributed by atoms with E-state index >= 15 is 0 Å². The summed E-state index contributed by atoms with van der Waals surface area (Å²) in [7, 11) is 0. The molecule has 0 N–H and O–H groups in total. The number of benzene rings is 2. The molecule has 0 bridgehead atoms. The first kappa shape index (κ1) is 28.1. The van der Waals surface area contributed by atoms with Crippen molar-refractivity contribution in [2.45, 2.75) is 19.3 Å². The van der Waals surface area contributed by atoms with E-state index in [1.54, 1.807) is 0 Å². The Labute approximate surface area is 213 Å². The molecule has 2 saturated heterocycles. The Kier molecular flexibility index (Phi) is 13.4. The minimum atomic E-state index is 0. The molecule has 2 aliphatic rings. The molecule has 2 aliphatic heterocycles. The summed E-state index contributed by atoms with van der Waals surface area (Å²) in [5, 5.41) is 0. The van der Waals surface area contributed by atoms with Gasteiger partial charge in [0.25, 0.3) is 0 Å². The Morgan fingerprint density at radius 3 is 1.06 bits per heavy atom. The molecule has 2 fully saturated rings.